The van der Waals surface area contributed by atoms with Gasteiger partial charge in [-0.1, -0.05) is 59.7 Å². The Hall–Kier alpha value is -4.84. The fourth-order valence-electron chi connectivity index (χ4n) is 4.65. The SMILES string of the molecule is Cc1cc(C)cc(C(C(=O)Nc2ccccc2C)N(CC#N)C(=O)C(Cc2ccc(O)cc2)NC(=O)OC(C)(C)C)c1. The van der Waals surface area contributed by atoms with Gasteiger partial charge in [-0.3, -0.25) is 9.59 Å². The molecule has 0 aromatic heterocycles. The summed E-state index contributed by atoms with van der Waals surface area (Å²) in [6.45, 7) is 10.3. The molecule has 3 rings (SSSR count). The van der Waals surface area contributed by atoms with Gasteiger partial charge in [0.2, 0.25) is 5.91 Å². The molecule has 0 saturated heterocycles. The molecule has 0 aliphatic heterocycles. The predicted octanol–water partition coefficient (Wildman–Crippen LogP) is 5.49. The van der Waals surface area contributed by atoms with Crippen molar-refractivity contribution in [2.24, 2.45) is 0 Å². The number of hydrogen-bond donors (Lipinski definition) is 3. The van der Waals surface area contributed by atoms with E-state index in [-0.39, 0.29) is 12.2 Å². The fourth-order valence-corrected chi connectivity index (χ4v) is 4.65. The molecule has 0 spiro atoms. The minimum atomic E-state index is -1.18. The number of benzene rings is 3. The summed E-state index contributed by atoms with van der Waals surface area (Å²) >= 11 is 0. The number of rotatable bonds is 9. The molecule has 42 heavy (non-hydrogen) atoms. The Morgan fingerprint density at radius 1 is 0.976 bits per heavy atom. The van der Waals surface area contributed by atoms with E-state index in [0.717, 1.165) is 16.7 Å². The van der Waals surface area contributed by atoms with Crippen molar-refractivity contribution in [3.63, 3.8) is 0 Å². The molecule has 0 saturated carbocycles. The molecule has 0 heterocycles. The predicted molar refractivity (Wildman–Crippen MR) is 161 cm³/mol. The first kappa shape index (κ1) is 31.7. The molecule has 0 aliphatic carbocycles. The van der Waals surface area contributed by atoms with E-state index in [1.807, 2.05) is 57.2 Å². The lowest BCUT2D eigenvalue weighted by atomic mass is 9.97. The summed E-state index contributed by atoms with van der Waals surface area (Å²) in [4.78, 5) is 42.3. The molecule has 9 heteroatoms. The summed E-state index contributed by atoms with van der Waals surface area (Å²) in [6, 6.07) is 18.7. The van der Waals surface area contributed by atoms with Gasteiger partial charge in [-0.25, -0.2) is 4.79 Å². The monoisotopic (exact) mass is 570 g/mol. The van der Waals surface area contributed by atoms with Crippen LogP contribution < -0.4 is 10.6 Å². The Morgan fingerprint density at radius 2 is 1.60 bits per heavy atom. The molecule has 3 N–H and O–H groups in total. The van der Waals surface area contributed by atoms with Gasteiger partial charge in [0, 0.05) is 12.1 Å². The number of nitriles is 1. The number of aryl methyl sites for hydroxylation is 3. The first-order valence-corrected chi connectivity index (χ1v) is 13.7. The zero-order valence-corrected chi connectivity index (χ0v) is 24.9. The molecule has 0 fully saturated rings. The zero-order chi connectivity index (χ0) is 31.0. The first-order chi connectivity index (χ1) is 19.8. The van der Waals surface area contributed by atoms with Gasteiger partial charge in [-0.05, 0) is 76.4 Å². The van der Waals surface area contributed by atoms with Crippen molar-refractivity contribution in [3.8, 4) is 11.8 Å². The zero-order valence-electron chi connectivity index (χ0n) is 24.9. The number of para-hydroxylation sites is 1. The van der Waals surface area contributed by atoms with Crippen LogP contribution in [0.1, 0.15) is 54.6 Å². The second-order valence-electron chi connectivity index (χ2n) is 11.3. The Balaban J connectivity index is 2.09. The number of phenols is 1. The fraction of sp³-hybridized carbons (Fsp3) is 0.333. The normalized spacial score (nSPS) is 12.4. The number of amides is 3. The molecule has 3 aromatic carbocycles. The van der Waals surface area contributed by atoms with E-state index in [0.29, 0.717) is 16.8 Å². The van der Waals surface area contributed by atoms with Crippen LogP contribution >= 0.6 is 0 Å². The average Bonchev–Trinajstić information content (AvgIpc) is 2.88. The van der Waals surface area contributed by atoms with Gasteiger partial charge in [-0.15, -0.1) is 0 Å². The van der Waals surface area contributed by atoms with Crippen molar-refractivity contribution >= 4 is 23.6 Å². The Kier molecular flexibility index (Phi) is 10.3. The lowest BCUT2D eigenvalue weighted by Gasteiger charge is -2.33. The molecule has 3 amide bonds. The molecule has 3 aromatic rings. The van der Waals surface area contributed by atoms with Gasteiger partial charge in [-0.2, -0.15) is 5.26 Å². The second-order valence-corrected chi connectivity index (χ2v) is 11.3. The number of carbonyl (C=O) groups is 3. The van der Waals surface area contributed by atoms with E-state index < -0.39 is 42.1 Å². The van der Waals surface area contributed by atoms with Crippen LogP contribution in [0.4, 0.5) is 10.5 Å². The third-order valence-corrected chi connectivity index (χ3v) is 6.41. The molecular weight excluding hydrogens is 532 g/mol. The summed E-state index contributed by atoms with van der Waals surface area (Å²) in [5.74, 6) is -1.09. The topological polar surface area (TPSA) is 132 Å². The van der Waals surface area contributed by atoms with Gasteiger partial charge >= 0.3 is 6.09 Å². The quantitative estimate of drug-likeness (QED) is 0.292. The number of ether oxygens (including phenoxy) is 1. The number of carbonyl (C=O) groups excluding carboxylic acids is 3. The van der Waals surface area contributed by atoms with Gasteiger partial charge in [0.15, 0.2) is 0 Å². The number of anilines is 1. The van der Waals surface area contributed by atoms with Crippen LogP contribution in [-0.2, 0) is 20.7 Å². The van der Waals surface area contributed by atoms with Crippen molar-refractivity contribution < 1.29 is 24.2 Å². The van der Waals surface area contributed by atoms with Gasteiger partial charge in [0.1, 0.15) is 30.0 Å². The average molecular weight is 571 g/mol. The van der Waals surface area contributed by atoms with Crippen molar-refractivity contribution in [1.82, 2.24) is 10.2 Å². The van der Waals surface area contributed by atoms with Gasteiger partial charge < -0.3 is 25.4 Å². The summed E-state index contributed by atoms with van der Waals surface area (Å²) in [6.07, 6.45) is -0.789. The van der Waals surface area contributed by atoms with Gasteiger partial charge in [0.25, 0.3) is 5.91 Å². The highest BCUT2D eigenvalue weighted by Gasteiger charge is 2.37. The molecule has 0 aliphatic rings. The minimum absolute atomic E-state index is 0.0270. The van der Waals surface area contributed by atoms with Crippen LogP contribution in [0.15, 0.2) is 66.7 Å². The second kappa shape index (κ2) is 13.7. The van der Waals surface area contributed by atoms with E-state index in [1.54, 1.807) is 45.0 Å². The molecule has 0 bridgehead atoms. The van der Waals surface area contributed by atoms with Crippen molar-refractivity contribution in [1.29, 1.82) is 5.26 Å². The van der Waals surface area contributed by atoms with Crippen LogP contribution in [0, 0.1) is 32.1 Å². The number of nitrogens with zero attached hydrogens (tertiary/aromatic N) is 2. The highest BCUT2D eigenvalue weighted by molar-refractivity contribution is 5.99. The van der Waals surface area contributed by atoms with E-state index in [1.165, 1.54) is 17.0 Å². The maximum atomic E-state index is 14.3. The number of phenolic OH excluding ortho intramolecular Hbond substituents is 1. The maximum absolute atomic E-state index is 14.3. The number of nitrogens with one attached hydrogen (secondary N) is 2. The van der Waals surface area contributed by atoms with Crippen molar-refractivity contribution in [2.45, 2.75) is 65.6 Å². The van der Waals surface area contributed by atoms with Crippen LogP contribution in [-0.4, -0.2) is 46.1 Å². The molecule has 220 valence electrons. The van der Waals surface area contributed by atoms with Crippen LogP contribution in [0.3, 0.4) is 0 Å². The van der Waals surface area contributed by atoms with Crippen LogP contribution in [0.25, 0.3) is 0 Å². The Labute approximate surface area is 247 Å². The third-order valence-electron chi connectivity index (χ3n) is 6.41. The van der Waals surface area contributed by atoms with E-state index in [4.69, 9.17) is 4.74 Å². The molecule has 2 unspecified atom stereocenters. The summed E-state index contributed by atoms with van der Waals surface area (Å²) in [5, 5.41) is 25.1. The standard InChI is InChI=1S/C33H38N4O5/c1-21-17-22(2)19-25(18-21)29(30(39)35-27-10-8-7-9-23(27)3)37(16-15-34)31(40)28(36-32(41)42-33(4,5)6)20-24-11-13-26(38)14-12-24/h7-14,17-19,28-29,38H,16,20H2,1-6H3,(H,35,39)(H,36,41). The lowest BCUT2D eigenvalue weighted by Crippen LogP contribution is -2.53. The highest BCUT2D eigenvalue weighted by atomic mass is 16.6. The highest BCUT2D eigenvalue weighted by Crippen LogP contribution is 2.27. The van der Waals surface area contributed by atoms with E-state index in [9.17, 15) is 24.8 Å². The maximum Gasteiger partial charge on any atom is 0.408 e. The Morgan fingerprint density at radius 3 is 2.17 bits per heavy atom. The largest absolute Gasteiger partial charge is 0.508 e. The molecule has 9 nitrogen and oxygen atoms in total. The van der Waals surface area contributed by atoms with Crippen molar-refractivity contribution in [2.75, 3.05) is 11.9 Å². The summed E-state index contributed by atoms with van der Waals surface area (Å²) in [5.41, 5.74) is 3.53. The van der Waals surface area contributed by atoms with E-state index >= 15 is 0 Å². The molecule has 0 radical (unpaired) electrons. The Bertz CT molecular complexity index is 1450. The number of hydrogen-bond acceptors (Lipinski definition) is 6. The lowest BCUT2D eigenvalue weighted by molar-refractivity contribution is -0.140. The third kappa shape index (κ3) is 8.83. The number of alkyl carbamates (subject to hydrolysis) is 1. The smallest absolute Gasteiger partial charge is 0.408 e. The van der Waals surface area contributed by atoms with Crippen LogP contribution in [0.5, 0.6) is 5.75 Å². The first-order valence-electron chi connectivity index (χ1n) is 13.7. The minimum Gasteiger partial charge on any atom is -0.508 e. The van der Waals surface area contributed by atoms with Crippen LogP contribution in [0.2, 0.25) is 0 Å². The number of aromatic hydroxyl groups is 1. The van der Waals surface area contributed by atoms with Crippen molar-refractivity contribution in [3.05, 3.63) is 94.5 Å². The molecular formula is C33H38N4O5. The summed E-state index contributed by atoms with van der Waals surface area (Å²) < 4.78 is 5.43. The summed E-state index contributed by atoms with van der Waals surface area (Å²) in [7, 11) is 0. The molecule has 2 atom stereocenters. The van der Waals surface area contributed by atoms with Gasteiger partial charge in [0.05, 0.1) is 6.07 Å². The van der Waals surface area contributed by atoms with E-state index in [2.05, 4.69) is 10.6 Å².